The van der Waals surface area contributed by atoms with Gasteiger partial charge in [0.25, 0.3) is 5.91 Å². The van der Waals surface area contributed by atoms with Crippen molar-refractivity contribution in [3.05, 3.63) is 35.4 Å². The Bertz CT molecular complexity index is 764. The number of thioether (sulfide) groups is 1. The van der Waals surface area contributed by atoms with Gasteiger partial charge in [0.15, 0.2) is 0 Å². The van der Waals surface area contributed by atoms with Gasteiger partial charge in [-0.15, -0.1) is 11.8 Å². The van der Waals surface area contributed by atoms with Crippen molar-refractivity contribution in [1.82, 2.24) is 10.2 Å². The van der Waals surface area contributed by atoms with E-state index in [2.05, 4.69) is 5.32 Å². The van der Waals surface area contributed by atoms with E-state index in [4.69, 9.17) is 0 Å². The molecule has 2 amide bonds. The fourth-order valence-electron chi connectivity index (χ4n) is 3.72. The van der Waals surface area contributed by atoms with Crippen LogP contribution in [0.25, 0.3) is 0 Å². The second kappa shape index (κ2) is 6.61. The van der Waals surface area contributed by atoms with Gasteiger partial charge in [-0.25, -0.2) is 4.79 Å². The third kappa shape index (κ3) is 2.88. The van der Waals surface area contributed by atoms with Crippen LogP contribution in [-0.2, 0) is 9.59 Å². The molecule has 0 unspecified atom stereocenters. The minimum Gasteiger partial charge on any atom is -0.480 e. The number of carboxylic acid groups (broad SMARTS) is 1. The number of carboxylic acids is 1. The highest BCUT2D eigenvalue weighted by atomic mass is 32.2. The molecule has 2 aliphatic rings. The average Bonchev–Trinajstić information content (AvgIpc) is 3.02. The van der Waals surface area contributed by atoms with Gasteiger partial charge >= 0.3 is 5.97 Å². The number of rotatable bonds is 5. The van der Waals surface area contributed by atoms with E-state index in [0.29, 0.717) is 12.0 Å². The number of amides is 2. The number of hydrogen-bond acceptors (Lipinski definition) is 4. The van der Waals surface area contributed by atoms with Gasteiger partial charge in [0.2, 0.25) is 5.91 Å². The molecule has 1 fully saturated rings. The SMILES string of the molecule is CC[C@@H](C)[C@H](NC(=O)[C@H]1N2C(=O)c3ccccc3[C@@H]2SC1(C)C)C(=O)O. The van der Waals surface area contributed by atoms with Gasteiger partial charge in [-0.05, 0) is 31.4 Å². The normalized spacial score (nSPS) is 25.4. The van der Waals surface area contributed by atoms with Gasteiger partial charge in [-0.2, -0.15) is 0 Å². The number of benzene rings is 1. The highest BCUT2D eigenvalue weighted by Gasteiger charge is 2.57. The number of carbonyl (C=O) groups excluding carboxylic acids is 2. The Kier molecular flexibility index (Phi) is 4.77. The minimum absolute atomic E-state index is 0.167. The summed E-state index contributed by atoms with van der Waals surface area (Å²) in [6.45, 7) is 7.54. The van der Waals surface area contributed by atoms with Crippen molar-refractivity contribution in [3.8, 4) is 0 Å². The summed E-state index contributed by atoms with van der Waals surface area (Å²) in [4.78, 5) is 39.2. The third-order valence-corrected chi connectivity index (χ3v) is 6.86. The standard InChI is InChI=1S/C19H24N2O4S/c1-5-10(2)13(18(24)25)20-15(22)14-19(3,4)26-17-12-9-7-6-8-11(12)16(23)21(14)17/h6-10,13-14,17H,5H2,1-4H3,(H,20,22)(H,24,25)/t10-,13+,14-,17+/m1/s1. The predicted octanol–water partition coefficient (Wildman–Crippen LogP) is 2.65. The van der Waals surface area contributed by atoms with Crippen molar-refractivity contribution in [1.29, 1.82) is 0 Å². The molecule has 3 rings (SSSR count). The summed E-state index contributed by atoms with van der Waals surface area (Å²) in [5.41, 5.74) is 1.54. The first-order valence-corrected chi connectivity index (χ1v) is 9.69. The fraction of sp³-hybridized carbons (Fsp3) is 0.526. The molecule has 1 saturated heterocycles. The molecule has 0 radical (unpaired) electrons. The van der Waals surface area contributed by atoms with E-state index in [0.717, 1.165) is 5.56 Å². The second-order valence-electron chi connectivity index (χ2n) is 7.49. The van der Waals surface area contributed by atoms with Crippen LogP contribution in [0.3, 0.4) is 0 Å². The maximum Gasteiger partial charge on any atom is 0.326 e. The molecule has 2 aliphatic heterocycles. The lowest BCUT2D eigenvalue weighted by molar-refractivity contribution is -0.144. The number of aliphatic carboxylic acids is 1. The van der Waals surface area contributed by atoms with Crippen LogP contribution in [0.15, 0.2) is 24.3 Å². The van der Waals surface area contributed by atoms with Gasteiger partial charge < -0.3 is 15.3 Å². The molecule has 0 aromatic heterocycles. The lowest BCUT2D eigenvalue weighted by Crippen LogP contribution is -2.56. The van der Waals surface area contributed by atoms with Crippen LogP contribution >= 0.6 is 11.8 Å². The van der Waals surface area contributed by atoms with Crippen molar-refractivity contribution in [2.24, 2.45) is 5.92 Å². The zero-order valence-electron chi connectivity index (χ0n) is 15.4. The first-order valence-electron chi connectivity index (χ1n) is 8.81. The lowest BCUT2D eigenvalue weighted by atomic mass is 9.96. The Hall–Kier alpha value is -2.02. The molecule has 1 aromatic rings. The molecule has 140 valence electrons. The summed E-state index contributed by atoms with van der Waals surface area (Å²) in [6, 6.07) is 5.71. The van der Waals surface area contributed by atoms with Gasteiger partial charge in [0.1, 0.15) is 17.5 Å². The molecule has 4 atom stereocenters. The molecule has 0 bridgehead atoms. The van der Waals surface area contributed by atoms with Gasteiger partial charge in [0, 0.05) is 10.3 Å². The Morgan fingerprint density at radius 2 is 2.00 bits per heavy atom. The number of carbonyl (C=O) groups is 3. The quantitative estimate of drug-likeness (QED) is 0.825. The topological polar surface area (TPSA) is 86.7 Å². The smallest absolute Gasteiger partial charge is 0.326 e. The van der Waals surface area contributed by atoms with E-state index in [1.165, 1.54) is 0 Å². The van der Waals surface area contributed by atoms with Crippen molar-refractivity contribution in [2.45, 2.75) is 56.3 Å². The van der Waals surface area contributed by atoms with E-state index in [1.54, 1.807) is 29.7 Å². The summed E-state index contributed by atoms with van der Waals surface area (Å²) in [5.74, 6) is -1.82. The lowest BCUT2D eigenvalue weighted by Gasteiger charge is -2.31. The van der Waals surface area contributed by atoms with Crippen molar-refractivity contribution < 1.29 is 19.5 Å². The largest absolute Gasteiger partial charge is 0.480 e. The van der Waals surface area contributed by atoms with E-state index in [-0.39, 0.29) is 17.2 Å². The summed E-state index contributed by atoms with van der Waals surface area (Å²) in [7, 11) is 0. The van der Waals surface area contributed by atoms with E-state index >= 15 is 0 Å². The van der Waals surface area contributed by atoms with Crippen LogP contribution in [0.4, 0.5) is 0 Å². The van der Waals surface area contributed by atoms with Crippen molar-refractivity contribution in [3.63, 3.8) is 0 Å². The minimum atomic E-state index is -1.05. The Morgan fingerprint density at radius 1 is 1.35 bits per heavy atom. The maximum atomic E-state index is 13.1. The van der Waals surface area contributed by atoms with Gasteiger partial charge in [-0.3, -0.25) is 9.59 Å². The Labute approximate surface area is 157 Å². The van der Waals surface area contributed by atoms with E-state index in [9.17, 15) is 19.5 Å². The average molecular weight is 376 g/mol. The van der Waals surface area contributed by atoms with Gasteiger partial charge in [-0.1, -0.05) is 38.5 Å². The van der Waals surface area contributed by atoms with Crippen LogP contribution in [0.5, 0.6) is 0 Å². The van der Waals surface area contributed by atoms with Gasteiger partial charge in [0.05, 0.1) is 0 Å². The molecule has 26 heavy (non-hydrogen) atoms. The molecule has 6 nitrogen and oxygen atoms in total. The number of hydrogen-bond donors (Lipinski definition) is 2. The third-order valence-electron chi connectivity index (χ3n) is 5.32. The number of nitrogens with zero attached hydrogens (tertiary/aromatic N) is 1. The zero-order valence-corrected chi connectivity index (χ0v) is 16.2. The molecular formula is C19H24N2O4S. The van der Waals surface area contributed by atoms with Crippen LogP contribution < -0.4 is 5.32 Å². The second-order valence-corrected chi connectivity index (χ2v) is 9.22. The first kappa shape index (κ1) is 18.8. The molecule has 2 heterocycles. The maximum absolute atomic E-state index is 13.1. The molecule has 1 aromatic carbocycles. The van der Waals surface area contributed by atoms with E-state index < -0.39 is 28.7 Å². The highest BCUT2D eigenvalue weighted by Crippen LogP contribution is 2.56. The predicted molar refractivity (Wildman–Crippen MR) is 99.8 cm³/mol. The van der Waals surface area contributed by atoms with Crippen LogP contribution in [-0.4, -0.2) is 44.6 Å². The van der Waals surface area contributed by atoms with Crippen LogP contribution in [0.2, 0.25) is 0 Å². The monoisotopic (exact) mass is 376 g/mol. The summed E-state index contributed by atoms with van der Waals surface area (Å²) in [5, 5.41) is 11.9. The molecular weight excluding hydrogens is 352 g/mol. The van der Waals surface area contributed by atoms with E-state index in [1.807, 2.05) is 39.0 Å². The molecule has 0 aliphatic carbocycles. The van der Waals surface area contributed by atoms with Crippen molar-refractivity contribution in [2.75, 3.05) is 0 Å². The molecule has 7 heteroatoms. The molecule has 0 spiro atoms. The fourth-order valence-corrected chi connectivity index (χ4v) is 5.31. The number of fused-ring (bicyclic) bond motifs is 3. The molecule has 2 N–H and O–H groups in total. The zero-order chi connectivity index (χ0) is 19.2. The highest BCUT2D eigenvalue weighted by molar-refractivity contribution is 8.01. The Balaban J connectivity index is 1.91. The number of nitrogens with one attached hydrogen (secondary N) is 1. The Morgan fingerprint density at radius 3 is 2.62 bits per heavy atom. The molecule has 0 saturated carbocycles. The summed E-state index contributed by atoms with van der Waals surface area (Å²) >= 11 is 1.57. The van der Waals surface area contributed by atoms with Crippen LogP contribution in [0, 0.1) is 5.92 Å². The van der Waals surface area contributed by atoms with Crippen molar-refractivity contribution >= 4 is 29.5 Å². The summed E-state index contributed by atoms with van der Waals surface area (Å²) < 4.78 is -0.517. The first-order chi connectivity index (χ1) is 12.2. The van der Waals surface area contributed by atoms with Crippen LogP contribution in [0.1, 0.15) is 55.4 Å². The summed E-state index contributed by atoms with van der Waals surface area (Å²) in [6.07, 6.45) is 0.636.